The molecule has 1 heterocycles. The van der Waals surface area contributed by atoms with Crippen LogP contribution in [0.15, 0.2) is 47.6 Å². The molecule has 2 aromatic carbocycles. The molecule has 0 unspecified atom stereocenters. The first-order valence-corrected chi connectivity index (χ1v) is 8.45. The highest BCUT2D eigenvalue weighted by Crippen LogP contribution is 2.30. The number of nitrogens with zero attached hydrogens (tertiary/aromatic N) is 3. The van der Waals surface area contributed by atoms with Crippen molar-refractivity contribution < 1.29 is 4.92 Å². The molecule has 0 N–H and O–H groups in total. The number of hydrazone groups is 1. The number of non-ortho nitro benzene ring substituents is 1. The average Bonchev–Trinajstić information content (AvgIpc) is 2.53. The fourth-order valence-electron chi connectivity index (χ4n) is 2.65. The molecule has 0 saturated carbocycles. The van der Waals surface area contributed by atoms with Gasteiger partial charge in [0.2, 0.25) is 0 Å². The van der Waals surface area contributed by atoms with Gasteiger partial charge in [0.15, 0.2) is 0 Å². The maximum Gasteiger partial charge on any atom is 0.270 e. The zero-order valence-electron chi connectivity index (χ0n) is 13.8. The molecule has 6 heteroatoms. The molecule has 0 spiro atoms. The number of rotatable bonds is 2. The molecule has 0 radical (unpaired) electrons. The van der Waals surface area contributed by atoms with E-state index in [1.807, 2.05) is 5.01 Å². The fraction of sp³-hybridized carbons (Fsp3) is 0.278. The number of fused-ring (bicyclic) bond motifs is 1. The van der Waals surface area contributed by atoms with Gasteiger partial charge in [-0.05, 0) is 50.7 Å². The van der Waals surface area contributed by atoms with Crippen LogP contribution in [0.2, 0.25) is 0 Å². The highest BCUT2D eigenvalue weighted by molar-refractivity contribution is 9.18. The number of benzene rings is 2. The predicted molar refractivity (Wildman–Crippen MR) is 99.9 cm³/mol. The van der Waals surface area contributed by atoms with Crippen LogP contribution in [0.25, 0.3) is 0 Å². The summed E-state index contributed by atoms with van der Waals surface area (Å²) in [6, 6.07) is 13.2. The van der Waals surface area contributed by atoms with Gasteiger partial charge in [0.1, 0.15) is 4.62 Å². The molecular formula is C18H18BrN3O2. The minimum absolute atomic E-state index is 0.0730. The van der Waals surface area contributed by atoms with Gasteiger partial charge in [-0.15, -0.1) is 0 Å². The summed E-state index contributed by atoms with van der Waals surface area (Å²) in [7, 11) is 0. The van der Waals surface area contributed by atoms with Crippen molar-refractivity contribution in [1.29, 1.82) is 0 Å². The Morgan fingerprint density at radius 3 is 2.42 bits per heavy atom. The Labute approximate surface area is 149 Å². The van der Waals surface area contributed by atoms with Gasteiger partial charge < -0.3 is 0 Å². The van der Waals surface area contributed by atoms with Crippen molar-refractivity contribution in [2.45, 2.75) is 32.7 Å². The van der Waals surface area contributed by atoms with Crippen molar-refractivity contribution in [2.24, 2.45) is 5.10 Å². The van der Waals surface area contributed by atoms with Crippen molar-refractivity contribution in [1.82, 2.24) is 0 Å². The summed E-state index contributed by atoms with van der Waals surface area (Å²) in [5.41, 5.74) is 4.21. The lowest BCUT2D eigenvalue weighted by molar-refractivity contribution is -0.384. The minimum Gasteiger partial charge on any atom is -0.260 e. The molecule has 1 aliphatic heterocycles. The summed E-state index contributed by atoms with van der Waals surface area (Å²) in [6.45, 7) is 7.12. The largest absolute Gasteiger partial charge is 0.270 e. The topological polar surface area (TPSA) is 58.7 Å². The van der Waals surface area contributed by atoms with E-state index in [0.717, 1.165) is 16.8 Å². The van der Waals surface area contributed by atoms with Gasteiger partial charge in [-0.1, -0.05) is 32.9 Å². The standard InChI is InChI=1S/C18H18BrN3O2/c1-18(2,3)13-5-8-14(9-6-13)21-11-12-4-7-15(22(23)24)10-16(12)17(19)20-21/h4-10H,11H2,1-3H3. The second kappa shape index (κ2) is 6.02. The van der Waals surface area contributed by atoms with Crippen LogP contribution < -0.4 is 5.01 Å². The van der Waals surface area contributed by atoms with Crippen LogP contribution in [0.5, 0.6) is 0 Å². The summed E-state index contributed by atoms with van der Waals surface area (Å²) in [6.07, 6.45) is 0. The van der Waals surface area contributed by atoms with Gasteiger partial charge in [-0.3, -0.25) is 15.1 Å². The third kappa shape index (κ3) is 3.19. The van der Waals surface area contributed by atoms with Crippen LogP contribution in [-0.2, 0) is 12.0 Å². The summed E-state index contributed by atoms with van der Waals surface area (Å²) in [5.74, 6) is 0. The van der Waals surface area contributed by atoms with Gasteiger partial charge >= 0.3 is 0 Å². The van der Waals surface area contributed by atoms with E-state index in [2.05, 4.69) is 66.1 Å². The number of halogens is 1. The van der Waals surface area contributed by atoms with Gasteiger partial charge in [0.25, 0.3) is 5.69 Å². The summed E-state index contributed by atoms with van der Waals surface area (Å²) >= 11 is 3.44. The number of hydrogen-bond acceptors (Lipinski definition) is 4. The van der Waals surface area contributed by atoms with E-state index in [9.17, 15) is 10.1 Å². The molecule has 0 fully saturated rings. The third-order valence-electron chi connectivity index (χ3n) is 4.09. The third-order valence-corrected chi connectivity index (χ3v) is 4.67. The lowest BCUT2D eigenvalue weighted by Crippen LogP contribution is -2.23. The molecule has 5 nitrogen and oxygen atoms in total. The molecule has 3 rings (SSSR count). The second-order valence-electron chi connectivity index (χ2n) is 6.84. The molecule has 0 amide bonds. The maximum absolute atomic E-state index is 10.9. The van der Waals surface area contributed by atoms with Crippen molar-refractivity contribution in [3.8, 4) is 0 Å². The van der Waals surface area contributed by atoms with Gasteiger partial charge in [0.05, 0.1) is 17.2 Å². The molecule has 2 aromatic rings. The number of anilines is 1. The number of hydrogen-bond donors (Lipinski definition) is 0. The Morgan fingerprint density at radius 2 is 1.83 bits per heavy atom. The van der Waals surface area contributed by atoms with E-state index < -0.39 is 4.92 Å². The molecule has 0 saturated heterocycles. The molecule has 24 heavy (non-hydrogen) atoms. The summed E-state index contributed by atoms with van der Waals surface area (Å²) in [4.78, 5) is 10.5. The number of nitro groups is 1. The molecule has 0 aliphatic carbocycles. The van der Waals surface area contributed by atoms with Crippen molar-refractivity contribution in [2.75, 3.05) is 5.01 Å². The molecule has 1 aliphatic rings. The highest BCUT2D eigenvalue weighted by atomic mass is 79.9. The first kappa shape index (κ1) is 16.6. The Balaban J connectivity index is 1.92. The molecule has 124 valence electrons. The quantitative estimate of drug-likeness (QED) is 0.539. The van der Waals surface area contributed by atoms with Crippen molar-refractivity contribution in [3.05, 3.63) is 69.3 Å². The monoisotopic (exact) mass is 387 g/mol. The first-order valence-electron chi connectivity index (χ1n) is 7.65. The normalized spacial score (nSPS) is 14.2. The van der Waals surface area contributed by atoms with E-state index in [0.29, 0.717) is 11.2 Å². The van der Waals surface area contributed by atoms with E-state index >= 15 is 0 Å². The average molecular weight is 388 g/mol. The van der Waals surface area contributed by atoms with E-state index in [1.165, 1.54) is 11.6 Å². The Hall–Kier alpha value is -2.21. The van der Waals surface area contributed by atoms with Crippen LogP contribution in [0.4, 0.5) is 11.4 Å². The second-order valence-corrected chi connectivity index (χ2v) is 7.60. The SMILES string of the molecule is CC(C)(C)c1ccc(N2Cc3ccc([N+](=O)[O-])cc3C(Br)=N2)cc1. The molecule has 0 aromatic heterocycles. The Morgan fingerprint density at radius 1 is 1.17 bits per heavy atom. The summed E-state index contributed by atoms with van der Waals surface area (Å²) in [5, 5.41) is 17.4. The van der Waals surface area contributed by atoms with Crippen molar-refractivity contribution >= 4 is 31.9 Å². The van der Waals surface area contributed by atoms with E-state index in [1.54, 1.807) is 12.1 Å². The smallest absolute Gasteiger partial charge is 0.260 e. The van der Waals surface area contributed by atoms with E-state index in [4.69, 9.17) is 0 Å². The molecule has 0 bridgehead atoms. The predicted octanol–water partition coefficient (Wildman–Crippen LogP) is 4.97. The van der Waals surface area contributed by atoms with Crippen LogP contribution in [-0.4, -0.2) is 9.54 Å². The molecular weight excluding hydrogens is 370 g/mol. The Kier molecular flexibility index (Phi) is 4.17. The van der Waals surface area contributed by atoms with Gasteiger partial charge in [-0.25, -0.2) is 0 Å². The van der Waals surface area contributed by atoms with Gasteiger partial charge in [-0.2, -0.15) is 5.10 Å². The number of nitro benzene ring substituents is 1. The highest BCUT2D eigenvalue weighted by Gasteiger charge is 2.22. The van der Waals surface area contributed by atoms with Crippen LogP contribution >= 0.6 is 15.9 Å². The lowest BCUT2D eigenvalue weighted by Gasteiger charge is -2.26. The molecule has 0 atom stereocenters. The van der Waals surface area contributed by atoms with Crippen LogP contribution in [0, 0.1) is 10.1 Å². The zero-order valence-corrected chi connectivity index (χ0v) is 15.4. The lowest BCUT2D eigenvalue weighted by atomic mass is 9.87. The van der Waals surface area contributed by atoms with E-state index in [-0.39, 0.29) is 11.1 Å². The van der Waals surface area contributed by atoms with Gasteiger partial charge in [0, 0.05) is 17.7 Å². The fourth-order valence-corrected chi connectivity index (χ4v) is 3.21. The zero-order chi connectivity index (χ0) is 17.5. The Bertz CT molecular complexity index is 823. The van der Waals surface area contributed by atoms with Crippen LogP contribution in [0.1, 0.15) is 37.5 Å². The van der Waals surface area contributed by atoms with Crippen LogP contribution in [0.3, 0.4) is 0 Å². The summed E-state index contributed by atoms with van der Waals surface area (Å²) < 4.78 is 0.604. The first-order chi connectivity index (χ1) is 11.3. The maximum atomic E-state index is 10.9. The minimum atomic E-state index is -0.391. The van der Waals surface area contributed by atoms with Crippen molar-refractivity contribution in [3.63, 3.8) is 0 Å².